The zero-order chi connectivity index (χ0) is 17.8. The van der Waals surface area contributed by atoms with Crippen LogP contribution in [0.5, 0.6) is 0 Å². The van der Waals surface area contributed by atoms with Gasteiger partial charge in [0, 0.05) is 12.1 Å². The Kier molecular flexibility index (Phi) is 4.74. The zero-order valence-corrected chi connectivity index (χ0v) is 13.2. The van der Waals surface area contributed by atoms with Crippen molar-refractivity contribution in [3.05, 3.63) is 59.4 Å². The molecule has 25 heavy (non-hydrogen) atoms. The summed E-state index contributed by atoms with van der Waals surface area (Å²) in [6.07, 6.45) is 0.895. The predicted octanol–water partition coefficient (Wildman–Crippen LogP) is 2.51. The highest BCUT2D eigenvalue weighted by atomic mass is 19.1. The molecule has 2 N–H and O–H groups in total. The molecule has 2 amide bonds. The van der Waals surface area contributed by atoms with Crippen molar-refractivity contribution in [1.29, 1.82) is 0 Å². The molecular formula is C18H15FN2O4. The fourth-order valence-electron chi connectivity index (χ4n) is 2.47. The summed E-state index contributed by atoms with van der Waals surface area (Å²) >= 11 is 0. The van der Waals surface area contributed by atoms with Crippen LogP contribution in [0.1, 0.15) is 22.3 Å². The van der Waals surface area contributed by atoms with E-state index in [0.29, 0.717) is 18.5 Å². The second-order valence-electron chi connectivity index (χ2n) is 5.52. The molecule has 6 nitrogen and oxygen atoms in total. The summed E-state index contributed by atoms with van der Waals surface area (Å²) in [6, 6.07) is 10.5. The number of rotatable bonds is 4. The van der Waals surface area contributed by atoms with Crippen LogP contribution in [0.2, 0.25) is 0 Å². The van der Waals surface area contributed by atoms with Crippen LogP contribution >= 0.6 is 0 Å². The molecule has 0 unspecified atom stereocenters. The number of aryl methyl sites for hydroxylation is 1. The average Bonchev–Trinajstić information content (AvgIpc) is 2.61. The molecule has 0 aliphatic carbocycles. The maximum absolute atomic E-state index is 13.4. The Hall–Kier alpha value is -3.22. The molecule has 0 saturated heterocycles. The molecule has 0 aromatic heterocycles. The van der Waals surface area contributed by atoms with Crippen LogP contribution in [0, 0.1) is 5.82 Å². The second kappa shape index (κ2) is 7.12. The first-order chi connectivity index (χ1) is 12.0. The summed E-state index contributed by atoms with van der Waals surface area (Å²) in [7, 11) is 0. The lowest BCUT2D eigenvalue weighted by molar-refractivity contribution is -0.119. The summed E-state index contributed by atoms with van der Waals surface area (Å²) in [5, 5.41) is 5.05. The highest BCUT2D eigenvalue weighted by molar-refractivity contribution is 5.97. The lowest BCUT2D eigenvalue weighted by Gasteiger charge is -2.17. The van der Waals surface area contributed by atoms with Gasteiger partial charge in [0.05, 0.1) is 11.3 Å². The van der Waals surface area contributed by atoms with Gasteiger partial charge in [0.2, 0.25) is 5.91 Å². The number of amides is 2. The van der Waals surface area contributed by atoms with Gasteiger partial charge < -0.3 is 15.4 Å². The van der Waals surface area contributed by atoms with Crippen LogP contribution < -0.4 is 10.6 Å². The molecule has 0 spiro atoms. The molecular weight excluding hydrogens is 327 g/mol. The molecule has 1 aliphatic rings. The lowest BCUT2D eigenvalue weighted by atomic mass is 10.0. The summed E-state index contributed by atoms with van der Waals surface area (Å²) in [4.78, 5) is 35.1. The monoisotopic (exact) mass is 342 g/mol. The fraction of sp³-hybridized carbons (Fsp3) is 0.167. The molecule has 3 rings (SSSR count). The van der Waals surface area contributed by atoms with E-state index in [2.05, 4.69) is 10.6 Å². The van der Waals surface area contributed by atoms with E-state index in [-0.39, 0.29) is 17.2 Å². The van der Waals surface area contributed by atoms with E-state index in [4.69, 9.17) is 4.74 Å². The Morgan fingerprint density at radius 3 is 2.76 bits per heavy atom. The second-order valence-corrected chi connectivity index (χ2v) is 5.52. The van der Waals surface area contributed by atoms with E-state index >= 15 is 0 Å². The van der Waals surface area contributed by atoms with Crippen molar-refractivity contribution in [3.8, 4) is 0 Å². The van der Waals surface area contributed by atoms with Crippen LogP contribution in [0.4, 0.5) is 15.8 Å². The van der Waals surface area contributed by atoms with Crippen molar-refractivity contribution in [3.63, 3.8) is 0 Å². The number of anilines is 2. The number of hydrogen-bond acceptors (Lipinski definition) is 4. The van der Waals surface area contributed by atoms with Gasteiger partial charge in [0.15, 0.2) is 6.61 Å². The Balaban J connectivity index is 1.58. The van der Waals surface area contributed by atoms with Gasteiger partial charge in [-0.05, 0) is 42.3 Å². The SMILES string of the molecule is O=C(COC(=O)c1ccc2c(c1)CCC(=O)N2)Nc1ccccc1F. The van der Waals surface area contributed by atoms with Crippen LogP contribution in [0.3, 0.4) is 0 Å². The third-order valence-corrected chi connectivity index (χ3v) is 3.72. The Morgan fingerprint density at radius 2 is 1.96 bits per heavy atom. The first-order valence-electron chi connectivity index (χ1n) is 7.67. The van der Waals surface area contributed by atoms with Crippen LogP contribution in [-0.2, 0) is 20.7 Å². The van der Waals surface area contributed by atoms with Crippen LogP contribution in [0.15, 0.2) is 42.5 Å². The molecule has 0 bridgehead atoms. The molecule has 0 saturated carbocycles. The summed E-state index contributed by atoms with van der Waals surface area (Å²) in [5.41, 5.74) is 1.82. The van der Waals surface area contributed by atoms with E-state index in [1.807, 2.05) is 0 Å². The van der Waals surface area contributed by atoms with E-state index in [9.17, 15) is 18.8 Å². The number of benzene rings is 2. The molecule has 128 valence electrons. The van der Waals surface area contributed by atoms with Gasteiger partial charge in [-0.3, -0.25) is 9.59 Å². The summed E-state index contributed by atoms with van der Waals surface area (Å²) in [6.45, 7) is -0.527. The minimum absolute atomic E-state index is 0.0214. The third-order valence-electron chi connectivity index (χ3n) is 3.72. The smallest absolute Gasteiger partial charge is 0.338 e. The lowest BCUT2D eigenvalue weighted by Crippen LogP contribution is -2.22. The standard InChI is InChI=1S/C18H15FN2O4/c19-13-3-1-2-4-15(13)21-17(23)10-25-18(24)12-5-7-14-11(9-12)6-8-16(22)20-14/h1-5,7,9H,6,8,10H2,(H,20,22)(H,21,23). The maximum Gasteiger partial charge on any atom is 0.338 e. The largest absolute Gasteiger partial charge is 0.452 e. The zero-order valence-electron chi connectivity index (χ0n) is 13.2. The number of nitrogens with one attached hydrogen (secondary N) is 2. The third kappa shape index (κ3) is 4.00. The molecule has 1 aliphatic heterocycles. The van der Waals surface area contributed by atoms with Gasteiger partial charge in [-0.1, -0.05) is 12.1 Å². The fourth-order valence-corrected chi connectivity index (χ4v) is 2.47. The normalized spacial score (nSPS) is 12.8. The predicted molar refractivity (Wildman–Crippen MR) is 88.7 cm³/mol. The van der Waals surface area contributed by atoms with E-state index in [1.165, 1.54) is 24.3 Å². The first kappa shape index (κ1) is 16.6. The maximum atomic E-state index is 13.4. The summed E-state index contributed by atoms with van der Waals surface area (Å²) in [5.74, 6) is -1.93. The van der Waals surface area contributed by atoms with E-state index in [1.54, 1.807) is 18.2 Å². The number of esters is 1. The Bertz CT molecular complexity index is 851. The molecule has 0 radical (unpaired) electrons. The van der Waals surface area contributed by atoms with Crippen molar-refractivity contribution in [2.45, 2.75) is 12.8 Å². The molecule has 1 heterocycles. The number of ether oxygens (including phenoxy) is 1. The first-order valence-corrected chi connectivity index (χ1v) is 7.67. The molecule has 2 aromatic rings. The number of hydrogen-bond donors (Lipinski definition) is 2. The molecule has 7 heteroatoms. The van der Waals surface area contributed by atoms with Gasteiger partial charge in [-0.2, -0.15) is 0 Å². The molecule has 0 fully saturated rings. The topological polar surface area (TPSA) is 84.5 Å². The van der Waals surface area contributed by atoms with Crippen molar-refractivity contribution in [2.75, 3.05) is 17.2 Å². The highest BCUT2D eigenvalue weighted by Gasteiger charge is 2.18. The molecule has 2 aromatic carbocycles. The van der Waals surface area contributed by atoms with Crippen molar-refractivity contribution < 1.29 is 23.5 Å². The van der Waals surface area contributed by atoms with Gasteiger partial charge in [-0.15, -0.1) is 0 Å². The number of fused-ring (bicyclic) bond motifs is 1. The van der Waals surface area contributed by atoms with E-state index < -0.39 is 24.3 Å². The number of carbonyl (C=O) groups is 3. The Morgan fingerprint density at radius 1 is 1.16 bits per heavy atom. The molecule has 0 atom stereocenters. The van der Waals surface area contributed by atoms with Crippen LogP contribution in [0.25, 0.3) is 0 Å². The van der Waals surface area contributed by atoms with Crippen molar-refractivity contribution >= 4 is 29.2 Å². The van der Waals surface area contributed by atoms with Crippen molar-refractivity contribution in [2.24, 2.45) is 0 Å². The minimum Gasteiger partial charge on any atom is -0.452 e. The number of halogens is 1. The summed E-state index contributed by atoms with van der Waals surface area (Å²) < 4.78 is 18.4. The van der Waals surface area contributed by atoms with Gasteiger partial charge in [0.25, 0.3) is 5.91 Å². The quantitative estimate of drug-likeness (QED) is 0.836. The number of carbonyl (C=O) groups excluding carboxylic acids is 3. The average molecular weight is 342 g/mol. The Labute approximate surface area is 143 Å². The minimum atomic E-state index is -0.664. The van der Waals surface area contributed by atoms with E-state index in [0.717, 1.165) is 5.56 Å². The van der Waals surface area contributed by atoms with Gasteiger partial charge in [-0.25, -0.2) is 9.18 Å². The van der Waals surface area contributed by atoms with Crippen molar-refractivity contribution in [1.82, 2.24) is 0 Å². The van der Waals surface area contributed by atoms with Gasteiger partial charge >= 0.3 is 5.97 Å². The highest BCUT2D eigenvalue weighted by Crippen LogP contribution is 2.23. The van der Waals surface area contributed by atoms with Crippen LogP contribution in [-0.4, -0.2) is 24.4 Å². The van der Waals surface area contributed by atoms with Gasteiger partial charge in [0.1, 0.15) is 5.82 Å². The number of para-hydroxylation sites is 1.